The molecule has 0 aliphatic heterocycles. The van der Waals surface area contributed by atoms with E-state index in [-0.39, 0.29) is 12.6 Å². The highest BCUT2D eigenvalue weighted by molar-refractivity contribution is 5.78. The minimum absolute atomic E-state index is 0.197. The fourth-order valence-electron chi connectivity index (χ4n) is 1.18. The molecular weight excluding hydrogens is 166 g/mol. The van der Waals surface area contributed by atoms with Crippen LogP contribution >= 0.6 is 0 Å². The lowest BCUT2D eigenvalue weighted by atomic mass is 10.2. The van der Waals surface area contributed by atoms with Gasteiger partial charge in [0.2, 0.25) is 0 Å². The largest absolute Gasteiger partial charge is 0.396 e. The number of hydrogen-bond donors (Lipinski definition) is 3. The van der Waals surface area contributed by atoms with E-state index in [1.165, 1.54) is 12.8 Å². The lowest BCUT2D eigenvalue weighted by Gasteiger charge is -2.15. The fourth-order valence-corrected chi connectivity index (χ4v) is 1.18. The number of nitrogens with zero attached hydrogens (tertiary/aromatic N) is 1. The van der Waals surface area contributed by atoms with Crippen LogP contribution in [-0.2, 0) is 0 Å². The van der Waals surface area contributed by atoms with Gasteiger partial charge in [0, 0.05) is 12.6 Å². The quantitative estimate of drug-likeness (QED) is 0.423. The first-order valence-corrected chi connectivity index (χ1v) is 4.97. The number of guanidine groups is 1. The summed E-state index contributed by atoms with van der Waals surface area (Å²) in [4.78, 5) is 4.26. The number of aliphatic hydroxyl groups is 1. The summed E-state index contributed by atoms with van der Waals surface area (Å²) >= 11 is 0. The van der Waals surface area contributed by atoms with Gasteiger partial charge in [-0.15, -0.1) is 0 Å². The van der Waals surface area contributed by atoms with Crippen molar-refractivity contribution in [1.29, 1.82) is 0 Å². The molecule has 13 heavy (non-hydrogen) atoms. The molecule has 0 aromatic rings. The molecule has 0 bridgehead atoms. The SMILES string of the molecule is CCC(CCO)NC(N)=NC1CC1. The van der Waals surface area contributed by atoms with Gasteiger partial charge in [0.05, 0.1) is 6.04 Å². The Hall–Kier alpha value is -0.770. The van der Waals surface area contributed by atoms with Crippen molar-refractivity contribution in [2.24, 2.45) is 10.7 Å². The Labute approximate surface area is 79.2 Å². The average Bonchev–Trinajstić information content (AvgIpc) is 2.87. The second kappa shape index (κ2) is 5.07. The summed E-state index contributed by atoms with van der Waals surface area (Å²) in [5.74, 6) is 0.530. The third-order valence-corrected chi connectivity index (χ3v) is 2.19. The minimum Gasteiger partial charge on any atom is -0.396 e. The van der Waals surface area contributed by atoms with Gasteiger partial charge in [-0.1, -0.05) is 6.92 Å². The summed E-state index contributed by atoms with van der Waals surface area (Å²) in [6.07, 6.45) is 4.02. The van der Waals surface area contributed by atoms with Gasteiger partial charge in [0.1, 0.15) is 0 Å². The van der Waals surface area contributed by atoms with E-state index in [0.29, 0.717) is 12.0 Å². The van der Waals surface area contributed by atoms with Crippen LogP contribution in [0, 0.1) is 0 Å². The standard InChI is InChI=1S/C9H19N3O/c1-2-7(5-6-13)11-9(10)12-8-3-4-8/h7-8,13H,2-6H2,1H3,(H3,10,11,12). The zero-order valence-corrected chi connectivity index (χ0v) is 8.16. The van der Waals surface area contributed by atoms with Gasteiger partial charge in [-0.25, -0.2) is 0 Å². The van der Waals surface area contributed by atoms with Gasteiger partial charge in [-0.3, -0.25) is 4.99 Å². The highest BCUT2D eigenvalue weighted by Crippen LogP contribution is 2.22. The number of nitrogens with two attached hydrogens (primary N) is 1. The Balaban J connectivity index is 2.26. The van der Waals surface area contributed by atoms with E-state index in [2.05, 4.69) is 17.2 Å². The highest BCUT2D eigenvalue weighted by atomic mass is 16.3. The van der Waals surface area contributed by atoms with Gasteiger partial charge < -0.3 is 16.2 Å². The van der Waals surface area contributed by atoms with Crippen molar-refractivity contribution in [2.75, 3.05) is 6.61 Å². The molecule has 76 valence electrons. The fraction of sp³-hybridized carbons (Fsp3) is 0.889. The summed E-state index contributed by atoms with van der Waals surface area (Å²) in [6.45, 7) is 2.26. The normalized spacial score (nSPS) is 20.0. The van der Waals surface area contributed by atoms with E-state index < -0.39 is 0 Å². The number of aliphatic imine (C=N–C) groups is 1. The van der Waals surface area contributed by atoms with Crippen LogP contribution in [-0.4, -0.2) is 29.8 Å². The maximum atomic E-state index is 8.75. The van der Waals surface area contributed by atoms with E-state index >= 15 is 0 Å². The van der Waals surface area contributed by atoms with Crippen molar-refractivity contribution in [3.8, 4) is 0 Å². The first-order chi connectivity index (χ1) is 6.26. The lowest BCUT2D eigenvalue weighted by Crippen LogP contribution is -2.40. The molecule has 0 heterocycles. The third kappa shape index (κ3) is 4.12. The predicted molar refractivity (Wildman–Crippen MR) is 53.6 cm³/mol. The van der Waals surface area contributed by atoms with Crippen molar-refractivity contribution in [2.45, 2.75) is 44.7 Å². The van der Waals surface area contributed by atoms with Gasteiger partial charge in [-0.05, 0) is 25.7 Å². The number of hydrogen-bond acceptors (Lipinski definition) is 2. The second-order valence-corrected chi connectivity index (χ2v) is 3.51. The molecule has 4 N–H and O–H groups in total. The first-order valence-electron chi connectivity index (χ1n) is 4.97. The summed E-state index contributed by atoms with van der Waals surface area (Å²) < 4.78 is 0. The van der Waals surface area contributed by atoms with E-state index in [1.54, 1.807) is 0 Å². The summed E-state index contributed by atoms with van der Waals surface area (Å²) in [6, 6.07) is 0.714. The molecule has 1 unspecified atom stereocenters. The first kappa shape index (κ1) is 10.3. The molecule has 0 spiro atoms. The van der Waals surface area contributed by atoms with E-state index in [0.717, 1.165) is 12.8 Å². The average molecular weight is 185 g/mol. The maximum Gasteiger partial charge on any atom is 0.189 e. The maximum absolute atomic E-state index is 8.75. The molecule has 0 aromatic carbocycles. The van der Waals surface area contributed by atoms with Gasteiger partial charge in [-0.2, -0.15) is 0 Å². The number of rotatable bonds is 5. The Morgan fingerprint density at radius 3 is 2.85 bits per heavy atom. The third-order valence-electron chi connectivity index (χ3n) is 2.19. The van der Waals surface area contributed by atoms with Crippen LogP contribution in [0.25, 0.3) is 0 Å². The van der Waals surface area contributed by atoms with Crippen molar-refractivity contribution >= 4 is 5.96 Å². The molecule has 1 atom stereocenters. The van der Waals surface area contributed by atoms with Crippen molar-refractivity contribution < 1.29 is 5.11 Å². The molecule has 0 radical (unpaired) electrons. The van der Waals surface area contributed by atoms with E-state index in [9.17, 15) is 0 Å². The zero-order valence-electron chi connectivity index (χ0n) is 8.16. The molecule has 4 nitrogen and oxygen atoms in total. The van der Waals surface area contributed by atoms with Crippen molar-refractivity contribution in [3.05, 3.63) is 0 Å². The van der Waals surface area contributed by atoms with Crippen LogP contribution in [0.5, 0.6) is 0 Å². The van der Waals surface area contributed by atoms with Gasteiger partial charge in [0.25, 0.3) is 0 Å². The monoisotopic (exact) mass is 185 g/mol. The number of aliphatic hydroxyl groups excluding tert-OH is 1. The second-order valence-electron chi connectivity index (χ2n) is 3.51. The molecule has 1 rings (SSSR count). The predicted octanol–water partition coefficient (Wildman–Crippen LogP) is 0.214. The Morgan fingerprint density at radius 1 is 1.69 bits per heavy atom. The molecule has 0 amide bonds. The minimum atomic E-state index is 0.197. The molecule has 4 heteroatoms. The van der Waals surface area contributed by atoms with Crippen molar-refractivity contribution in [1.82, 2.24) is 5.32 Å². The number of nitrogens with one attached hydrogen (secondary N) is 1. The van der Waals surface area contributed by atoms with Crippen LogP contribution in [0.1, 0.15) is 32.6 Å². The Bertz CT molecular complexity index is 178. The lowest BCUT2D eigenvalue weighted by molar-refractivity contribution is 0.269. The molecule has 1 aliphatic rings. The van der Waals surface area contributed by atoms with Crippen LogP contribution < -0.4 is 11.1 Å². The smallest absolute Gasteiger partial charge is 0.189 e. The molecule has 1 fully saturated rings. The van der Waals surface area contributed by atoms with E-state index in [4.69, 9.17) is 10.8 Å². The van der Waals surface area contributed by atoms with Gasteiger partial charge >= 0.3 is 0 Å². The topological polar surface area (TPSA) is 70.6 Å². The van der Waals surface area contributed by atoms with Gasteiger partial charge in [0.15, 0.2) is 5.96 Å². The molecule has 1 aliphatic carbocycles. The highest BCUT2D eigenvalue weighted by Gasteiger charge is 2.20. The zero-order chi connectivity index (χ0) is 9.68. The summed E-state index contributed by atoms with van der Waals surface area (Å²) in [5, 5.41) is 11.9. The molecule has 1 saturated carbocycles. The van der Waals surface area contributed by atoms with Crippen LogP contribution in [0.2, 0.25) is 0 Å². The van der Waals surface area contributed by atoms with Crippen molar-refractivity contribution in [3.63, 3.8) is 0 Å². The summed E-state index contributed by atoms with van der Waals surface area (Å²) in [7, 11) is 0. The van der Waals surface area contributed by atoms with E-state index in [1.807, 2.05) is 0 Å². The summed E-state index contributed by atoms with van der Waals surface area (Å²) in [5.41, 5.74) is 5.68. The van der Waals surface area contributed by atoms with Crippen LogP contribution in [0.3, 0.4) is 0 Å². The molecule has 0 aromatic heterocycles. The molecular formula is C9H19N3O. The van der Waals surface area contributed by atoms with Crippen LogP contribution in [0.15, 0.2) is 4.99 Å². The Kier molecular flexibility index (Phi) is 4.02. The molecule has 0 saturated heterocycles. The van der Waals surface area contributed by atoms with Crippen LogP contribution in [0.4, 0.5) is 0 Å². The Morgan fingerprint density at radius 2 is 2.38 bits per heavy atom.